The summed E-state index contributed by atoms with van der Waals surface area (Å²) in [5, 5.41) is 4.19. The van der Waals surface area contributed by atoms with Crippen LogP contribution in [-0.4, -0.2) is 41.8 Å². The van der Waals surface area contributed by atoms with Crippen molar-refractivity contribution >= 4 is 49.5 Å². The smallest absolute Gasteiger partial charge is 0.0622 e. The summed E-state index contributed by atoms with van der Waals surface area (Å²) >= 11 is 0.134. The van der Waals surface area contributed by atoms with Gasteiger partial charge in [0, 0.05) is 0 Å². The maximum atomic E-state index is 10.9. The first-order valence-corrected chi connectivity index (χ1v) is 17.7. The molecule has 0 spiro atoms. The zero-order valence-electron chi connectivity index (χ0n) is 25.5. The van der Waals surface area contributed by atoms with Gasteiger partial charge >= 0.3 is 137 Å². The second-order valence-corrected chi connectivity index (χ2v) is 14.5. The van der Waals surface area contributed by atoms with Crippen LogP contribution in [0.25, 0.3) is 0 Å². The van der Waals surface area contributed by atoms with Crippen LogP contribution in [0, 0.1) is 6.65 Å². The van der Waals surface area contributed by atoms with E-state index in [0.29, 0.717) is 0 Å². The Morgan fingerprint density at radius 1 is 0.659 bits per heavy atom. The van der Waals surface area contributed by atoms with Crippen LogP contribution < -0.4 is 20.4 Å². The van der Waals surface area contributed by atoms with Crippen molar-refractivity contribution in [3.63, 3.8) is 0 Å². The Hall–Kier alpha value is -2.32. The third-order valence-electron chi connectivity index (χ3n) is 6.64. The molecule has 232 valence electrons. The number of methoxy groups -OCH3 is 2. The van der Waals surface area contributed by atoms with E-state index in [1.165, 1.54) is 52.5 Å². The Labute approximate surface area is 282 Å². The molecule has 0 heterocycles. The molecule has 5 rings (SSSR count). The predicted molar refractivity (Wildman–Crippen MR) is 180 cm³/mol. The van der Waals surface area contributed by atoms with E-state index in [4.69, 9.17) is 14.1 Å². The van der Waals surface area contributed by atoms with Crippen molar-refractivity contribution in [3.05, 3.63) is 128 Å². The Morgan fingerprint density at radius 2 is 1.00 bits per heavy atom. The van der Waals surface area contributed by atoms with Crippen LogP contribution in [0.2, 0.25) is 4.82 Å². The molecule has 1 unspecified atom stereocenters. The van der Waals surface area contributed by atoms with E-state index in [1.807, 2.05) is 18.2 Å². The molecule has 1 aliphatic carbocycles. The minimum Gasteiger partial charge on any atom is -0.0622 e. The minimum atomic E-state index is -0.446. The first-order chi connectivity index (χ1) is 21.2. The molecule has 0 radical (unpaired) electrons. The van der Waals surface area contributed by atoms with Crippen molar-refractivity contribution in [3.8, 4) is 0 Å². The Balaban J connectivity index is 0.000000357. The molecule has 0 amide bonds. The van der Waals surface area contributed by atoms with Crippen molar-refractivity contribution in [2.45, 2.75) is 56.1 Å². The number of hydrogen-bond donors (Lipinski definition) is 0. The number of carbonyl (C=O) groups excluding carboxylic acids is 1. The summed E-state index contributed by atoms with van der Waals surface area (Å²) in [5.41, 5.74) is 0. The van der Waals surface area contributed by atoms with Gasteiger partial charge in [0.05, 0.1) is 0 Å². The third kappa shape index (κ3) is 15.6. The van der Waals surface area contributed by atoms with E-state index in [0.717, 1.165) is 12.8 Å². The molecule has 1 saturated carbocycles. The average Bonchev–Trinajstić information content (AvgIpc) is 3.69. The molecule has 1 aliphatic rings. The second kappa shape index (κ2) is 26.0. The molecule has 0 aliphatic heterocycles. The van der Waals surface area contributed by atoms with E-state index < -0.39 is 7.92 Å². The molecular formula is C37H42FeO4PSe+. The molecule has 1 fully saturated rings. The van der Waals surface area contributed by atoms with Gasteiger partial charge in [-0.1, -0.05) is 123 Å². The van der Waals surface area contributed by atoms with E-state index >= 15 is 0 Å². The molecule has 7 heteroatoms. The zero-order valence-corrected chi connectivity index (χ0v) is 29.2. The van der Waals surface area contributed by atoms with Gasteiger partial charge in [-0.3, -0.25) is 0 Å². The molecular weight excluding hydrogens is 674 g/mol. The van der Waals surface area contributed by atoms with Crippen molar-refractivity contribution in [2.24, 2.45) is 0 Å². The van der Waals surface area contributed by atoms with Gasteiger partial charge in [0.2, 0.25) is 0 Å². The van der Waals surface area contributed by atoms with Crippen LogP contribution in [0.3, 0.4) is 0 Å². The predicted octanol–water partition coefficient (Wildman–Crippen LogP) is 6.67. The van der Waals surface area contributed by atoms with Crippen molar-refractivity contribution in [1.82, 2.24) is 0 Å². The van der Waals surface area contributed by atoms with Crippen LogP contribution in [0.4, 0.5) is 0 Å². The van der Waals surface area contributed by atoms with E-state index in [9.17, 15) is 4.79 Å². The molecule has 0 saturated heterocycles. The Morgan fingerprint density at radius 3 is 1.32 bits per heavy atom. The molecule has 4 aromatic carbocycles. The quantitative estimate of drug-likeness (QED) is 0.0574. The van der Waals surface area contributed by atoms with Gasteiger partial charge in [0.1, 0.15) is 0 Å². The summed E-state index contributed by atoms with van der Waals surface area (Å²) in [6, 6.07) is 42.4. The molecule has 44 heavy (non-hydrogen) atoms. The van der Waals surface area contributed by atoms with Crippen LogP contribution in [-0.2, 0) is 36.0 Å². The molecule has 0 aromatic heterocycles. The van der Waals surface area contributed by atoms with Crippen molar-refractivity contribution < 1.29 is 36.0 Å². The fourth-order valence-electron chi connectivity index (χ4n) is 4.49. The molecule has 0 bridgehead atoms. The monoisotopic (exact) mass is 717 g/mol. The normalized spacial score (nSPS) is 12.2. The maximum Gasteiger partial charge on any atom is 2.00 e. The number of ether oxygens (including phenoxy) is 2. The van der Waals surface area contributed by atoms with Gasteiger partial charge in [-0.15, -0.1) is 0 Å². The summed E-state index contributed by atoms with van der Waals surface area (Å²) < 4.78 is 18.9. The van der Waals surface area contributed by atoms with Gasteiger partial charge < -0.3 is 0 Å². The number of rotatable bonds is 11. The fourth-order valence-corrected chi connectivity index (χ4v) is 8.77. The van der Waals surface area contributed by atoms with Crippen LogP contribution in [0.15, 0.2) is 121 Å². The van der Waals surface area contributed by atoms with Gasteiger partial charge in [-0.05, 0) is 23.8 Å². The number of hydrogen-bond acceptors (Lipinski definition) is 3. The average molecular weight is 717 g/mol. The molecule has 4 nitrogen and oxygen atoms in total. The molecule has 4 aromatic rings. The molecule has 1 atom stereocenters. The van der Waals surface area contributed by atoms with Crippen LogP contribution >= 0.6 is 7.92 Å². The summed E-state index contributed by atoms with van der Waals surface area (Å²) in [6.45, 7) is 4.50. The van der Waals surface area contributed by atoms with E-state index in [1.54, 1.807) is 14.2 Å². The van der Waals surface area contributed by atoms with Crippen LogP contribution in [0.1, 0.15) is 44.9 Å². The van der Waals surface area contributed by atoms with Gasteiger partial charge in [0.15, 0.2) is 0 Å². The van der Waals surface area contributed by atoms with E-state index in [2.05, 4.69) is 116 Å². The zero-order chi connectivity index (χ0) is 31.0. The largest absolute Gasteiger partial charge is 2.00 e. The topological polar surface area (TPSA) is 55.4 Å². The standard InChI is InChI=1S/C18H15P.C13H17O3Se.C5H10.CO.Fe/c1-4-10-16(11-5-1)19(17-12-6-2-7-13-17)18-14-8-3-9-15-18;1-15-13(16-2)9-8-12(10-14)17-11-6-4-3-5-7-11;1-2-4-5-3-1;1-2;/h1-15H;3-7,12-13H,8-9H2,1-2H3;1-5H2;;/q;-1;;;+2. The first-order valence-electron chi connectivity index (χ1n) is 14.6. The third-order valence-corrected chi connectivity index (χ3v) is 11.5. The Kier molecular flexibility index (Phi) is 23.4. The van der Waals surface area contributed by atoms with Crippen molar-refractivity contribution in [2.75, 3.05) is 14.2 Å². The minimum absolute atomic E-state index is 0. The van der Waals surface area contributed by atoms with Gasteiger partial charge in [-0.25, -0.2) is 0 Å². The SMILES string of the molecule is C1CCCC1.COC(CCC([C-]=O)[Se]c1ccccc1)OC.[C-]#[O+].[Fe+2].c1ccc(P(c2ccccc2)c2ccccc2)cc1. The summed E-state index contributed by atoms with van der Waals surface area (Å²) in [7, 11) is 2.77. The molecule has 0 N–H and O–H groups in total. The van der Waals surface area contributed by atoms with Gasteiger partial charge in [0.25, 0.3) is 0 Å². The summed E-state index contributed by atoms with van der Waals surface area (Å²) in [5.74, 6) is 0. The van der Waals surface area contributed by atoms with E-state index in [-0.39, 0.29) is 43.1 Å². The second-order valence-electron chi connectivity index (χ2n) is 9.63. The van der Waals surface area contributed by atoms with Gasteiger partial charge in [-0.2, -0.15) is 0 Å². The summed E-state index contributed by atoms with van der Waals surface area (Å²) in [4.78, 5) is 10.9. The van der Waals surface area contributed by atoms with Crippen LogP contribution in [0.5, 0.6) is 0 Å². The first kappa shape index (κ1) is 39.7. The fraction of sp³-hybridized carbons (Fsp3) is 0.297. The summed E-state index contributed by atoms with van der Waals surface area (Å²) in [6.07, 6.45) is 10.9. The Bertz CT molecular complexity index is 1140. The van der Waals surface area contributed by atoms with Crippen molar-refractivity contribution in [1.29, 1.82) is 0 Å². The number of benzene rings is 4. The maximum absolute atomic E-state index is 10.9.